The van der Waals surface area contributed by atoms with Crippen LogP contribution in [0.1, 0.15) is 25.7 Å². The summed E-state index contributed by atoms with van der Waals surface area (Å²) in [6, 6.07) is 0. The number of rotatable bonds is 1. The quantitative estimate of drug-likeness (QED) is 0.461. The van der Waals surface area contributed by atoms with E-state index in [0.29, 0.717) is 18.6 Å². The summed E-state index contributed by atoms with van der Waals surface area (Å²) in [5.41, 5.74) is 0.524. The fourth-order valence-corrected chi connectivity index (χ4v) is 1.70. The number of hydrogen-bond donors (Lipinski definition) is 2. The van der Waals surface area contributed by atoms with Gasteiger partial charge in [-0.2, -0.15) is 0 Å². The van der Waals surface area contributed by atoms with Crippen molar-refractivity contribution in [3.63, 3.8) is 0 Å². The van der Waals surface area contributed by atoms with Crippen LogP contribution in [0.2, 0.25) is 0 Å². The van der Waals surface area contributed by atoms with Gasteiger partial charge in [-0.15, -0.1) is 0 Å². The van der Waals surface area contributed by atoms with Crippen LogP contribution in [-0.2, 0) is 0 Å². The summed E-state index contributed by atoms with van der Waals surface area (Å²) in [6.07, 6.45) is 4.85. The zero-order chi connectivity index (χ0) is 8.32. The first kappa shape index (κ1) is 9.03. The highest BCUT2D eigenvalue weighted by Crippen LogP contribution is 2.24. The van der Waals surface area contributed by atoms with Crippen LogP contribution in [0.3, 0.4) is 0 Å². The van der Waals surface area contributed by atoms with E-state index in [4.69, 9.17) is 0 Å². The van der Waals surface area contributed by atoms with Crippen molar-refractivity contribution in [1.82, 2.24) is 0 Å². The van der Waals surface area contributed by atoms with Crippen molar-refractivity contribution in [3.8, 4) is 0 Å². The third-order valence-electron chi connectivity index (χ3n) is 1.85. The molecular weight excluding hydrogens is 162 g/mol. The molecule has 64 valence electrons. The molecule has 3 nitrogen and oxygen atoms in total. The van der Waals surface area contributed by atoms with Crippen LogP contribution in [0.15, 0.2) is 4.40 Å². The topological polar surface area (TPSA) is 52.8 Å². The maximum atomic E-state index is 9.38. The van der Waals surface area contributed by atoms with E-state index in [2.05, 4.69) is 4.40 Å². The molecule has 2 N–H and O–H groups in total. The van der Waals surface area contributed by atoms with Crippen molar-refractivity contribution in [2.24, 2.45) is 4.40 Å². The highest BCUT2D eigenvalue weighted by molar-refractivity contribution is 7.97. The van der Waals surface area contributed by atoms with Crippen molar-refractivity contribution in [2.45, 2.75) is 31.5 Å². The summed E-state index contributed by atoms with van der Waals surface area (Å²) < 4.78 is 3.97. The molecule has 0 atom stereocenters. The summed E-state index contributed by atoms with van der Waals surface area (Å²) in [6.45, 7) is 0. The highest BCUT2D eigenvalue weighted by atomic mass is 32.2. The Morgan fingerprint density at radius 2 is 2.18 bits per heavy atom. The van der Waals surface area contributed by atoms with Crippen LogP contribution in [0, 0.1) is 0 Å². The second-order valence-electron chi connectivity index (χ2n) is 2.74. The van der Waals surface area contributed by atoms with E-state index >= 15 is 0 Å². The molecule has 4 heteroatoms. The standard InChI is InChI=1S/C7H13NO2S/c1-11-8-6-4-2-3-5-7(6,9)10/h9-10H,2-5H2,1H3/b8-6+. The molecular formula is C7H13NO2S. The molecule has 0 aliphatic heterocycles. The molecule has 1 saturated carbocycles. The Hall–Kier alpha value is -0.0600. The van der Waals surface area contributed by atoms with Gasteiger partial charge in [0, 0.05) is 12.7 Å². The van der Waals surface area contributed by atoms with Crippen LogP contribution in [0.4, 0.5) is 0 Å². The Bertz CT molecular complexity index is 168. The van der Waals surface area contributed by atoms with E-state index in [-0.39, 0.29) is 0 Å². The van der Waals surface area contributed by atoms with Crippen molar-refractivity contribution >= 4 is 17.7 Å². The molecule has 1 rings (SSSR count). The van der Waals surface area contributed by atoms with Gasteiger partial charge in [-0.05, 0) is 31.2 Å². The predicted octanol–water partition coefficient (Wildman–Crippen LogP) is 0.960. The highest BCUT2D eigenvalue weighted by Gasteiger charge is 2.32. The van der Waals surface area contributed by atoms with Crippen LogP contribution in [-0.4, -0.2) is 28.0 Å². The van der Waals surface area contributed by atoms with Gasteiger partial charge in [0.1, 0.15) is 0 Å². The lowest BCUT2D eigenvalue weighted by Crippen LogP contribution is -2.40. The van der Waals surface area contributed by atoms with Gasteiger partial charge >= 0.3 is 0 Å². The molecule has 1 aliphatic rings. The lowest BCUT2D eigenvalue weighted by atomic mass is 9.92. The largest absolute Gasteiger partial charge is 0.361 e. The second kappa shape index (κ2) is 3.56. The van der Waals surface area contributed by atoms with Crippen molar-refractivity contribution < 1.29 is 10.2 Å². The molecule has 1 fully saturated rings. The molecule has 0 spiro atoms. The fraction of sp³-hybridized carbons (Fsp3) is 0.857. The predicted molar refractivity (Wildman–Crippen MR) is 46.6 cm³/mol. The number of aliphatic hydroxyl groups is 2. The van der Waals surface area contributed by atoms with E-state index in [1.54, 1.807) is 0 Å². The van der Waals surface area contributed by atoms with Gasteiger partial charge < -0.3 is 10.2 Å². The molecule has 0 saturated heterocycles. The molecule has 0 heterocycles. The van der Waals surface area contributed by atoms with E-state index in [9.17, 15) is 10.2 Å². The minimum atomic E-state index is -1.62. The van der Waals surface area contributed by atoms with E-state index in [0.717, 1.165) is 12.8 Å². The first-order valence-electron chi connectivity index (χ1n) is 3.72. The normalized spacial score (nSPS) is 27.4. The Balaban J connectivity index is 2.67. The van der Waals surface area contributed by atoms with Crippen molar-refractivity contribution in [2.75, 3.05) is 6.26 Å². The number of nitrogens with zero attached hydrogens (tertiary/aromatic N) is 1. The van der Waals surface area contributed by atoms with Gasteiger partial charge in [0.2, 0.25) is 5.79 Å². The van der Waals surface area contributed by atoms with Crippen molar-refractivity contribution in [1.29, 1.82) is 0 Å². The Kier molecular flexibility index (Phi) is 2.92. The van der Waals surface area contributed by atoms with E-state index in [1.807, 2.05) is 6.26 Å². The van der Waals surface area contributed by atoms with E-state index < -0.39 is 5.79 Å². The number of hydrogen-bond acceptors (Lipinski definition) is 4. The van der Waals surface area contributed by atoms with Gasteiger partial charge in [-0.25, -0.2) is 4.40 Å². The van der Waals surface area contributed by atoms with Gasteiger partial charge in [0.05, 0.1) is 5.71 Å². The maximum absolute atomic E-state index is 9.38. The Morgan fingerprint density at radius 1 is 1.45 bits per heavy atom. The maximum Gasteiger partial charge on any atom is 0.203 e. The van der Waals surface area contributed by atoms with E-state index in [1.165, 1.54) is 11.9 Å². The van der Waals surface area contributed by atoms with Crippen LogP contribution >= 0.6 is 11.9 Å². The summed E-state index contributed by atoms with van der Waals surface area (Å²) in [4.78, 5) is 0. The Labute approximate surface area is 70.7 Å². The fourth-order valence-electron chi connectivity index (χ4n) is 1.24. The van der Waals surface area contributed by atoms with Crippen LogP contribution < -0.4 is 0 Å². The SMILES string of the molecule is CS/N=C1\CCCCC1(O)O. The molecule has 0 aromatic heterocycles. The molecule has 11 heavy (non-hydrogen) atoms. The zero-order valence-corrected chi connectivity index (χ0v) is 7.39. The minimum Gasteiger partial charge on any atom is -0.361 e. The first-order chi connectivity index (χ1) is 5.17. The third-order valence-corrected chi connectivity index (χ3v) is 2.26. The van der Waals surface area contributed by atoms with Gasteiger partial charge in [-0.1, -0.05) is 0 Å². The average Bonchev–Trinajstić information content (AvgIpc) is 1.94. The average molecular weight is 175 g/mol. The van der Waals surface area contributed by atoms with Crippen LogP contribution in [0.25, 0.3) is 0 Å². The molecule has 1 aliphatic carbocycles. The first-order valence-corrected chi connectivity index (χ1v) is 4.90. The molecule has 0 amide bonds. The summed E-state index contributed by atoms with van der Waals surface area (Å²) in [7, 11) is 0. The minimum absolute atomic E-state index is 0.423. The smallest absolute Gasteiger partial charge is 0.203 e. The van der Waals surface area contributed by atoms with Crippen molar-refractivity contribution in [3.05, 3.63) is 0 Å². The lowest BCUT2D eigenvalue weighted by Gasteiger charge is -2.27. The summed E-state index contributed by atoms with van der Waals surface area (Å²) in [5, 5.41) is 18.8. The van der Waals surface area contributed by atoms with Gasteiger partial charge in [0.15, 0.2) is 0 Å². The van der Waals surface area contributed by atoms with Crippen LogP contribution in [0.5, 0.6) is 0 Å². The third kappa shape index (κ3) is 2.18. The Morgan fingerprint density at radius 3 is 2.73 bits per heavy atom. The molecule has 0 aromatic rings. The van der Waals surface area contributed by atoms with Gasteiger partial charge in [0.25, 0.3) is 0 Å². The zero-order valence-electron chi connectivity index (χ0n) is 6.58. The second-order valence-corrected chi connectivity index (χ2v) is 3.29. The molecule has 0 bridgehead atoms. The molecule has 0 radical (unpaired) electrons. The summed E-state index contributed by atoms with van der Waals surface area (Å²) >= 11 is 1.28. The molecule has 0 unspecified atom stereocenters. The summed E-state index contributed by atoms with van der Waals surface area (Å²) in [5.74, 6) is -1.62. The molecule has 0 aromatic carbocycles. The monoisotopic (exact) mass is 175 g/mol. The lowest BCUT2D eigenvalue weighted by molar-refractivity contribution is -0.111. The van der Waals surface area contributed by atoms with Gasteiger partial charge in [-0.3, -0.25) is 0 Å².